The number of likely N-dealkylation sites (tertiary alicyclic amines) is 1. The fraction of sp³-hybridized carbons (Fsp3) is 0.357. The zero-order chi connectivity index (χ0) is 63.2. The summed E-state index contributed by atoms with van der Waals surface area (Å²) in [4.78, 5) is 97.9. The number of carboxylic acid groups (broad SMARTS) is 1. The Labute approximate surface area is 521 Å². The maximum Gasteiger partial charge on any atom is 0.410 e. The molecule has 6 aromatic heterocycles. The molecule has 3 aliphatic carbocycles. The smallest absolute Gasteiger partial charge is 0.410 e. The first kappa shape index (κ1) is 60.2. The summed E-state index contributed by atoms with van der Waals surface area (Å²) in [5.74, 6) is -0.626. The third kappa shape index (κ3) is 10.9. The molecule has 456 valence electrons. The molecule has 4 fully saturated rings. The van der Waals surface area contributed by atoms with E-state index in [0.29, 0.717) is 56.7 Å². The van der Waals surface area contributed by atoms with Gasteiger partial charge in [-0.1, -0.05) is 67.8 Å². The van der Waals surface area contributed by atoms with Gasteiger partial charge in [-0.05, 0) is 137 Å². The number of hydrogen-bond acceptors (Lipinski definition) is 15. The van der Waals surface area contributed by atoms with Gasteiger partial charge in [0.2, 0.25) is 17.7 Å². The van der Waals surface area contributed by atoms with Crippen molar-refractivity contribution >= 4 is 62.7 Å². The van der Waals surface area contributed by atoms with Gasteiger partial charge < -0.3 is 29.9 Å². The lowest BCUT2D eigenvalue weighted by Crippen LogP contribution is -2.54. The van der Waals surface area contributed by atoms with Crippen molar-refractivity contribution in [1.82, 2.24) is 45.0 Å². The molecule has 3 aliphatic heterocycles. The van der Waals surface area contributed by atoms with E-state index in [9.17, 15) is 34.5 Å². The number of pyridine rings is 6. The second kappa shape index (κ2) is 23.8. The van der Waals surface area contributed by atoms with E-state index in [1.54, 1.807) is 63.9 Å². The molecule has 1 saturated heterocycles. The van der Waals surface area contributed by atoms with Gasteiger partial charge in [-0.2, -0.15) is 10.5 Å². The number of nitrogens with one attached hydrogen (secondary N) is 1. The van der Waals surface area contributed by atoms with Crippen LogP contribution in [0.1, 0.15) is 125 Å². The van der Waals surface area contributed by atoms with Gasteiger partial charge in [0, 0.05) is 90.3 Å². The van der Waals surface area contributed by atoms with Gasteiger partial charge in [0.15, 0.2) is 0 Å². The number of nitrogens with zero attached hydrogens (tertiary/aromatic N) is 12. The van der Waals surface area contributed by atoms with Crippen molar-refractivity contribution < 1.29 is 33.8 Å². The Morgan fingerprint density at radius 3 is 1.51 bits per heavy atom. The third-order valence-corrected chi connectivity index (χ3v) is 18.9. The highest BCUT2D eigenvalue weighted by molar-refractivity contribution is 6.10. The van der Waals surface area contributed by atoms with Crippen LogP contribution in [-0.4, -0.2) is 118 Å². The second-order valence-corrected chi connectivity index (χ2v) is 25.2. The molecule has 9 heterocycles. The van der Waals surface area contributed by atoms with Crippen LogP contribution in [0, 0.1) is 22.7 Å². The Hall–Kier alpha value is -10.1. The molecule has 2 aromatic carbocycles. The number of hydrogen-bond donors (Lipinski definition) is 2. The largest absolute Gasteiger partial charge is 0.479 e. The number of benzene rings is 2. The Morgan fingerprint density at radius 2 is 1.10 bits per heavy atom. The maximum absolute atomic E-state index is 14.4. The summed E-state index contributed by atoms with van der Waals surface area (Å²) in [6, 6.07) is 31.4. The average molecular weight is 1200 g/mol. The molecular formula is C70H69N13O7. The molecule has 2 spiro atoms. The topological polar surface area (TPSA) is 265 Å². The number of anilines is 2. The van der Waals surface area contributed by atoms with Crippen LogP contribution in [0.3, 0.4) is 0 Å². The van der Waals surface area contributed by atoms with Gasteiger partial charge in [-0.3, -0.25) is 39.2 Å². The molecule has 6 aliphatic rings. The van der Waals surface area contributed by atoms with Crippen LogP contribution in [0.4, 0.5) is 16.2 Å². The van der Waals surface area contributed by atoms with Gasteiger partial charge in [-0.15, -0.1) is 0 Å². The molecule has 20 nitrogen and oxygen atoms in total. The van der Waals surface area contributed by atoms with Gasteiger partial charge in [0.1, 0.15) is 34.7 Å². The predicted molar refractivity (Wildman–Crippen MR) is 337 cm³/mol. The van der Waals surface area contributed by atoms with Crippen molar-refractivity contribution in [2.24, 2.45) is 0 Å². The first-order valence-corrected chi connectivity index (χ1v) is 30.6. The summed E-state index contributed by atoms with van der Waals surface area (Å²) >= 11 is 0. The summed E-state index contributed by atoms with van der Waals surface area (Å²) in [7, 11) is 3.32. The highest BCUT2D eigenvalue weighted by atomic mass is 16.6. The Balaban J connectivity index is 0.000000144. The minimum Gasteiger partial charge on any atom is -0.479 e. The van der Waals surface area contributed by atoms with E-state index >= 15 is 0 Å². The SMILES string of the molecule is CN(C(=O)OC(C)(C)C)C1(C(=O)O)CC1.CNC1(C(=O)N2CCC3(CC2)C(=O)N(Cc2ncc4ccccc4c2-c2ccc(C#N)nc2)c2cnccc23)CC1.N#Cc1ccc(-c2c(CN3C(=O)C4(CCCCC4)c4ccncc43)ncc3ccccc23)cn1. The number of fused-ring (bicyclic) bond motifs is 6. The average Bonchev–Trinajstić information content (AvgIpc) is 1.63. The maximum atomic E-state index is 14.4. The summed E-state index contributed by atoms with van der Waals surface area (Å²) in [6.45, 7) is 6.96. The van der Waals surface area contributed by atoms with E-state index in [4.69, 9.17) is 19.8 Å². The summed E-state index contributed by atoms with van der Waals surface area (Å²) in [5, 5.41) is 34.7. The monoisotopic (exact) mass is 1200 g/mol. The van der Waals surface area contributed by atoms with Crippen LogP contribution in [0.2, 0.25) is 0 Å². The van der Waals surface area contributed by atoms with E-state index < -0.39 is 39.6 Å². The molecule has 90 heavy (non-hydrogen) atoms. The lowest BCUT2D eigenvalue weighted by molar-refractivity contribution is -0.144. The number of nitriles is 2. The lowest BCUT2D eigenvalue weighted by Gasteiger charge is -2.39. The minimum absolute atomic E-state index is 0.0289. The number of aromatic nitrogens is 6. The van der Waals surface area contributed by atoms with Crippen LogP contribution in [-0.2, 0) is 47.8 Å². The Morgan fingerprint density at radius 1 is 0.622 bits per heavy atom. The number of likely N-dealkylation sites (N-methyl/N-ethyl adjacent to an activating group) is 2. The van der Waals surface area contributed by atoms with Gasteiger partial charge >= 0.3 is 12.1 Å². The van der Waals surface area contributed by atoms with Gasteiger partial charge in [0.25, 0.3) is 0 Å². The number of carbonyl (C=O) groups excluding carboxylic acids is 4. The quantitative estimate of drug-likeness (QED) is 0.129. The standard InChI is InChI=1S/C32H29N7O2.C28H23N5O.C10H17NO4/c1-34-32(9-10-32)30(41)38-14-11-31(12-15-38)25-8-13-35-19-27(25)39(29(31)40)20-26-28(22-6-7-23(16-33)36-18-22)24-5-3-2-4-21(24)17-37-26;29-14-21-9-8-20(16-31-21)26-22-7-3-2-6-19(22)15-32-24(26)18-33-25-17-30-13-10-23(25)28(27(33)34)11-4-1-5-12-28;1-9(2,3)15-8(14)11(4)10(5-6-10)7(12)13/h2-8,13,17-19,34H,9-12,14-15,20H2,1H3;2-3,6-10,13,15-17H,1,4-5,11-12,18H2;5-6H2,1-4H3,(H,12,13). The van der Waals surface area contributed by atoms with Crippen LogP contribution < -0.4 is 15.1 Å². The van der Waals surface area contributed by atoms with Crippen LogP contribution in [0.5, 0.6) is 0 Å². The van der Waals surface area contributed by atoms with E-state index in [0.717, 1.165) is 116 Å². The highest BCUT2D eigenvalue weighted by Crippen LogP contribution is 2.52. The van der Waals surface area contributed by atoms with Gasteiger partial charge in [0.05, 0.1) is 64.6 Å². The van der Waals surface area contributed by atoms with E-state index in [1.165, 1.54) is 18.4 Å². The molecule has 3 saturated carbocycles. The van der Waals surface area contributed by atoms with Crippen LogP contribution in [0.25, 0.3) is 43.8 Å². The fourth-order valence-electron chi connectivity index (χ4n) is 13.6. The van der Waals surface area contributed by atoms with Crippen LogP contribution in [0.15, 0.2) is 135 Å². The number of carbonyl (C=O) groups is 5. The summed E-state index contributed by atoms with van der Waals surface area (Å²) in [5.41, 5.74) is 6.40. The zero-order valence-electron chi connectivity index (χ0n) is 51.1. The van der Waals surface area contributed by atoms with E-state index in [-0.39, 0.29) is 24.3 Å². The number of piperidine rings is 1. The number of carboxylic acids is 1. The predicted octanol–water partition coefficient (Wildman–Crippen LogP) is 10.5. The molecule has 0 unspecified atom stereocenters. The molecule has 8 aromatic rings. The second-order valence-electron chi connectivity index (χ2n) is 25.2. The number of amides is 4. The number of rotatable bonds is 10. The summed E-state index contributed by atoms with van der Waals surface area (Å²) in [6.07, 6.45) is 22.6. The van der Waals surface area contributed by atoms with Crippen molar-refractivity contribution in [3.63, 3.8) is 0 Å². The number of aliphatic carboxylic acids is 1. The van der Waals surface area contributed by atoms with Crippen molar-refractivity contribution in [2.45, 2.75) is 132 Å². The normalized spacial score (nSPS) is 17.7. The van der Waals surface area contributed by atoms with Crippen molar-refractivity contribution in [2.75, 3.05) is 37.0 Å². The van der Waals surface area contributed by atoms with Crippen molar-refractivity contribution in [1.29, 1.82) is 10.5 Å². The van der Waals surface area contributed by atoms with Crippen LogP contribution >= 0.6 is 0 Å². The molecule has 0 radical (unpaired) electrons. The Bertz CT molecular complexity index is 4230. The zero-order valence-corrected chi connectivity index (χ0v) is 51.1. The van der Waals surface area contributed by atoms with E-state index in [1.807, 2.05) is 107 Å². The van der Waals surface area contributed by atoms with Crippen molar-refractivity contribution in [3.05, 3.63) is 168 Å². The molecule has 14 rings (SSSR count). The highest BCUT2D eigenvalue weighted by Gasteiger charge is 2.58. The minimum atomic E-state index is -1.03. The molecule has 2 N–H and O–H groups in total. The van der Waals surface area contributed by atoms with E-state index in [2.05, 4.69) is 43.5 Å². The lowest BCUT2D eigenvalue weighted by atomic mass is 9.70. The molecule has 20 heteroatoms. The Kier molecular flexibility index (Phi) is 15.9. The molecule has 0 atom stereocenters. The first-order chi connectivity index (χ1) is 43.4. The molecule has 4 amide bonds. The first-order valence-electron chi connectivity index (χ1n) is 30.6. The van der Waals surface area contributed by atoms with Crippen molar-refractivity contribution in [3.8, 4) is 34.4 Å². The fourth-order valence-corrected chi connectivity index (χ4v) is 13.6. The molecule has 0 bridgehead atoms. The third-order valence-electron chi connectivity index (χ3n) is 18.9. The summed E-state index contributed by atoms with van der Waals surface area (Å²) < 4.78 is 5.10. The number of ether oxygens (including phenoxy) is 1. The molecular weight excluding hydrogens is 1130 g/mol. The van der Waals surface area contributed by atoms with Gasteiger partial charge in [-0.25, -0.2) is 19.6 Å².